The van der Waals surface area contributed by atoms with Crippen LogP contribution in [-0.2, 0) is 11.3 Å². The van der Waals surface area contributed by atoms with E-state index >= 15 is 0 Å². The summed E-state index contributed by atoms with van der Waals surface area (Å²) in [6, 6.07) is 20.6. The molecule has 0 radical (unpaired) electrons. The highest BCUT2D eigenvalue weighted by Crippen LogP contribution is 2.44. The zero-order valence-electron chi connectivity index (χ0n) is 15.6. The molecule has 1 N–H and O–H groups in total. The van der Waals surface area contributed by atoms with Crippen LogP contribution in [-0.4, -0.2) is 5.91 Å². The third-order valence-electron chi connectivity index (χ3n) is 5.02. The van der Waals surface area contributed by atoms with E-state index < -0.39 is 5.41 Å². The molecule has 136 valence electrons. The number of thioether (sulfide) groups is 1. The average molecular weight is 366 g/mol. The van der Waals surface area contributed by atoms with E-state index in [0.29, 0.717) is 6.54 Å². The van der Waals surface area contributed by atoms with Gasteiger partial charge in [-0.3, -0.25) is 4.79 Å². The molecule has 0 saturated carbocycles. The van der Waals surface area contributed by atoms with E-state index in [0.717, 1.165) is 18.4 Å². The van der Waals surface area contributed by atoms with E-state index in [1.807, 2.05) is 48.2 Å². The molecule has 0 fully saturated rings. The molecule has 2 aromatic rings. The SMILES string of the molecule is CC(C)(C(=O)NCc1ccccc1)C1=C(Sc2ccccc2)CCCC1. The average Bonchev–Trinajstić information content (AvgIpc) is 2.68. The Balaban J connectivity index is 1.76. The fraction of sp³-hybridized carbons (Fsp3) is 0.348. The molecule has 2 aromatic carbocycles. The van der Waals surface area contributed by atoms with Crippen LogP contribution in [0.4, 0.5) is 0 Å². The maximum absolute atomic E-state index is 13.0. The van der Waals surface area contributed by atoms with Crippen molar-refractivity contribution in [3.8, 4) is 0 Å². The van der Waals surface area contributed by atoms with Crippen LogP contribution in [0.2, 0.25) is 0 Å². The standard InChI is InChI=1S/C23H27NOS/c1-23(2,22(25)24-17-18-11-5-3-6-12-18)20-15-9-10-16-21(20)26-19-13-7-4-8-14-19/h3-8,11-14H,9-10,15-17H2,1-2H3,(H,24,25). The van der Waals surface area contributed by atoms with Crippen molar-refractivity contribution in [2.75, 3.05) is 0 Å². The van der Waals surface area contributed by atoms with Gasteiger partial charge in [0, 0.05) is 11.4 Å². The minimum Gasteiger partial charge on any atom is -0.351 e. The van der Waals surface area contributed by atoms with Gasteiger partial charge in [-0.25, -0.2) is 0 Å². The number of allylic oxidation sites excluding steroid dienone is 1. The molecule has 26 heavy (non-hydrogen) atoms. The van der Waals surface area contributed by atoms with Crippen molar-refractivity contribution in [2.24, 2.45) is 5.41 Å². The minimum atomic E-state index is -0.480. The zero-order valence-corrected chi connectivity index (χ0v) is 16.4. The Labute approximate surface area is 161 Å². The molecular formula is C23H27NOS. The largest absolute Gasteiger partial charge is 0.351 e. The Morgan fingerprint density at radius 2 is 1.58 bits per heavy atom. The Morgan fingerprint density at radius 1 is 0.962 bits per heavy atom. The fourth-order valence-electron chi connectivity index (χ4n) is 3.42. The first-order valence-electron chi connectivity index (χ1n) is 9.35. The van der Waals surface area contributed by atoms with Gasteiger partial charge >= 0.3 is 0 Å². The third kappa shape index (κ3) is 4.59. The summed E-state index contributed by atoms with van der Waals surface area (Å²) in [6.45, 7) is 4.72. The summed E-state index contributed by atoms with van der Waals surface area (Å²) in [7, 11) is 0. The summed E-state index contributed by atoms with van der Waals surface area (Å²) in [6.07, 6.45) is 4.47. The maximum Gasteiger partial charge on any atom is 0.230 e. The number of benzene rings is 2. The predicted octanol–water partition coefficient (Wildman–Crippen LogP) is 5.95. The van der Waals surface area contributed by atoms with Crippen molar-refractivity contribution < 1.29 is 4.79 Å². The van der Waals surface area contributed by atoms with Gasteiger partial charge in [-0.1, -0.05) is 60.3 Å². The van der Waals surface area contributed by atoms with Gasteiger partial charge in [0.2, 0.25) is 5.91 Å². The van der Waals surface area contributed by atoms with Crippen LogP contribution >= 0.6 is 11.8 Å². The van der Waals surface area contributed by atoms with Gasteiger partial charge in [-0.2, -0.15) is 0 Å². The van der Waals surface area contributed by atoms with Crippen molar-refractivity contribution in [3.63, 3.8) is 0 Å². The van der Waals surface area contributed by atoms with Gasteiger partial charge in [0.25, 0.3) is 0 Å². The second kappa shape index (κ2) is 8.59. The van der Waals surface area contributed by atoms with E-state index in [2.05, 4.69) is 43.4 Å². The van der Waals surface area contributed by atoms with E-state index in [4.69, 9.17) is 0 Å². The highest BCUT2D eigenvalue weighted by atomic mass is 32.2. The fourth-order valence-corrected chi connectivity index (χ4v) is 4.72. The lowest BCUT2D eigenvalue weighted by Crippen LogP contribution is -2.38. The molecular weight excluding hydrogens is 338 g/mol. The summed E-state index contributed by atoms with van der Waals surface area (Å²) >= 11 is 1.83. The number of carbonyl (C=O) groups excluding carboxylic acids is 1. The second-order valence-electron chi connectivity index (χ2n) is 7.32. The number of amides is 1. The molecule has 1 aliphatic rings. The van der Waals surface area contributed by atoms with Gasteiger partial charge in [-0.15, -0.1) is 0 Å². The minimum absolute atomic E-state index is 0.115. The first-order valence-corrected chi connectivity index (χ1v) is 10.2. The quantitative estimate of drug-likeness (QED) is 0.685. The van der Waals surface area contributed by atoms with Gasteiger partial charge in [0.15, 0.2) is 0 Å². The molecule has 0 atom stereocenters. The Hall–Kier alpha value is -2.00. The van der Waals surface area contributed by atoms with Gasteiger partial charge in [-0.05, 0) is 67.7 Å². The Bertz CT molecular complexity index is 765. The number of carbonyl (C=O) groups is 1. The molecule has 1 amide bonds. The van der Waals surface area contributed by atoms with Crippen molar-refractivity contribution >= 4 is 17.7 Å². The van der Waals surface area contributed by atoms with Crippen LogP contribution in [0.15, 0.2) is 76.0 Å². The molecule has 0 aliphatic heterocycles. The summed E-state index contributed by atoms with van der Waals surface area (Å²) in [5.41, 5.74) is 1.96. The van der Waals surface area contributed by atoms with Crippen LogP contribution in [0, 0.1) is 5.41 Å². The zero-order chi connectivity index (χ0) is 18.4. The monoisotopic (exact) mass is 365 g/mol. The maximum atomic E-state index is 13.0. The lowest BCUT2D eigenvalue weighted by atomic mass is 9.77. The number of rotatable bonds is 6. The molecule has 0 heterocycles. The van der Waals surface area contributed by atoms with Crippen LogP contribution in [0.25, 0.3) is 0 Å². The molecule has 0 aromatic heterocycles. The first kappa shape index (κ1) is 18.8. The van der Waals surface area contributed by atoms with Crippen LogP contribution in [0.1, 0.15) is 45.1 Å². The van der Waals surface area contributed by atoms with Crippen molar-refractivity contribution in [2.45, 2.75) is 51.0 Å². The van der Waals surface area contributed by atoms with Gasteiger partial charge < -0.3 is 5.32 Å². The van der Waals surface area contributed by atoms with Gasteiger partial charge in [0.1, 0.15) is 0 Å². The first-order chi connectivity index (χ1) is 12.6. The molecule has 3 rings (SSSR count). The molecule has 0 unspecified atom stereocenters. The molecule has 0 bridgehead atoms. The van der Waals surface area contributed by atoms with Crippen LogP contribution in [0.5, 0.6) is 0 Å². The van der Waals surface area contributed by atoms with E-state index in [9.17, 15) is 4.79 Å². The van der Waals surface area contributed by atoms with E-state index in [-0.39, 0.29) is 5.91 Å². The molecule has 3 heteroatoms. The Kier molecular flexibility index (Phi) is 6.20. The normalized spacial score (nSPS) is 15.0. The molecule has 2 nitrogen and oxygen atoms in total. The number of hydrogen-bond acceptors (Lipinski definition) is 2. The van der Waals surface area contributed by atoms with Crippen LogP contribution < -0.4 is 5.32 Å². The number of nitrogens with one attached hydrogen (secondary N) is 1. The smallest absolute Gasteiger partial charge is 0.230 e. The summed E-state index contributed by atoms with van der Waals surface area (Å²) in [5, 5.41) is 3.14. The van der Waals surface area contributed by atoms with Gasteiger partial charge in [0.05, 0.1) is 5.41 Å². The molecule has 1 aliphatic carbocycles. The van der Waals surface area contributed by atoms with E-state index in [1.54, 1.807) is 0 Å². The number of hydrogen-bond donors (Lipinski definition) is 1. The van der Waals surface area contributed by atoms with Crippen molar-refractivity contribution in [3.05, 3.63) is 76.7 Å². The van der Waals surface area contributed by atoms with Crippen molar-refractivity contribution in [1.82, 2.24) is 5.32 Å². The van der Waals surface area contributed by atoms with Crippen LogP contribution in [0.3, 0.4) is 0 Å². The topological polar surface area (TPSA) is 29.1 Å². The highest BCUT2D eigenvalue weighted by molar-refractivity contribution is 8.03. The lowest BCUT2D eigenvalue weighted by Gasteiger charge is -2.32. The van der Waals surface area contributed by atoms with E-state index in [1.165, 1.54) is 28.2 Å². The second-order valence-corrected chi connectivity index (χ2v) is 8.49. The van der Waals surface area contributed by atoms with Crippen molar-refractivity contribution in [1.29, 1.82) is 0 Å². The highest BCUT2D eigenvalue weighted by Gasteiger charge is 2.35. The Morgan fingerprint density at radius 3 is 2.27 bits per heavy atom. The summed E-state index contributed by atoms with van der Waals surface area (Å²) in [5.74, 6) is 0.115. The summed E-state index contributed by atoms with van der Waals surface area (Å²) in [4.78, 5) is 15.6. The lowest BCUT2D eigenvalue weighted by molar-refractivity contribution is -0.127. The summed E-state index contributed by atoms with van der Waals surface area (Å²) < 4.78 is 0. The molecule has 0 saturated heterocycles. The predicted molar refractivity (Wildman–Crippen MR) is 110 cm³/mol. The third-order valence-corrected chi connectivity index (χ3v) is 6.22. The molecule has 0 spiro atoms.